The molecule has 78 valence electrons. The van der Waals surface area contributed by atoms with Gasteiger partial charge in [0.1, 0.15) is 11.9 Å². The number of nitrogens with zero attached hydrogens (tertiary/aromatic N) is 2. The molecule has 3 heteroatoms. The molecule has 0 saturated carbocycles. The first-order chi connectivity index (χ1) is 7.19. The quantitative estimate of drug-likeness (QED) is 0.716. The maximum atomic E-state index is 10.6. The van der Waals surface area contributed by atoms with Crippen LogP contribution < -0.4 is 0 Å². The number of aldehydes is 1. The molecule has 2 heterocycles. The Bertz CT molecular complexity index is 485. The molecule has 0 fully saturated rings. The summed E-state index contributed by atoms with van der Waals surface area (Å²) in [7, 11) is 0. The first-order valence-electron chi connectivity index (χ1n) is 5.12. The maximum absolute atomic E-state index is 10.6. The van der Waals surface area contributed by atoms with Gasteiger partial charge in [-0.3, -0.25) is 4.79 Å². The maximum Gasteiger partial charge on any atom is 0.150 e. The molecule has 15 heavy (non-hydrogen) atoms. The predicted molar refractivity (Wildman–Crippen MR) is 59.1 cm³/mol. The molecule has 0 atom stereocenters. The molecule has 0 spiro atoms. The summed E-state index contributed by atoms with van der Waals surface area (Å²) >= 11 is 0. The monoisotopic (exact) mass is 202 g/mol. The van der Waals surface area contributed by atoms with Crippen LogP contribution in [0.25, 0.3) is 5.65 Å². The average molecular weight is 202 g/mol. The highest BCUT2D eigenvalue weighted by atomic mass is 16.1. The van der Waals surface area contributed by atoms with Crippen molar-refractivity contribution in [1.29, 1.82) is 0 Å². The van der Waals surface area contributed by atoms with Crippen molar-refractivity contribution in [3.05, 3.63) is 35.8 Å². The van der Waals surface area contributed by atoms with Gasteiger partial charge >= 0.3 is 0 Å². The molecule has 2 rings (SSSR count). The zero-order valence-corrected chi connectivity index (χ0v) is 8.97. The molecule has 3 nitrogen and oxygen atoms in total. The van der Waals surface area contributed by atoms with Crippen molar-refractivity contribution in [2.24, 2.45) is 5.92 Å². The number of aromatic nitrogens is 2. The first kappa shape index (κ1) is 9.90. The van der Waals surface area contributed by atoms with E-state index in [1.807, 2.05) is 16.8 Å². The Kier molecular flexibility index (Phi) is 2.54. The van der Waals surface area contributed by atoms with Crippen LogP contribution in [-0.4, -0.2) is 15.7 Å². The third kappa shape index (κ3) is 2.06. The van der Waals surface area contributed by atoms with E-state index < -0.39 is 0 Å². The minimum absolute atomic E-state index is 0.598. The van der Waals surface area contributed by atoms with Crippen LogP contribution in [0.1, 0.15) is 29.9 Å². The Hall–Kier alpha value is -1.64. The zero-order chi connectivity index (χ0) is 10.8. The molecular weight excluding hydrogens is 188 g/mol. The van der Waals surface area contributed by atoms with Gasteiger partial charge in [-0.1, -0.05) is 13.8 Å². The molecule has 2 aromatic rings. The first-order valence-corrected chi connectivity index (χ1v) is 5.12. The summed E-state index contributed by atoms with van der Waals surface area (Å²) < 4.78 is 1.95. The number of pyridine rings is 1. The lowest BCUT2D eigenvalue weighted by atomic mass is 10.1. The van der Waals surface area contributed by atoms with Crippen LogP contribution in [0.3, 0.4) is 0 Å². The normalized spacial score (nSPS) is 11.1. The molecule has 0 aromatic carbocycles. The summed E-state index contributed by atoms with van der Waals surface area (Å²) in [5.41, 5.74) is 2.59. The molecule has 0 unspecified atom stereocenters. The SMILES string of the molecule is CC(C)Cc1cn2ccc(C=O)cc2n1. The van der Waals surface area contributed by atoms with Crippen LogP contribution in [0.2, 0.25) is 0 Å². The lowest BCUT2D eigenvalue weighted by Gasteiger charge is -1.97. The summed E-state index contributed by atoms with van der Waals surface area (Å²) in [6.45, 7) is 4.34. The predicted octanol–water partition coefficient (Wildman–Crippen LogP) is 2.35. The third-order valence-corrected chi connectivity index (χ3v) is 2.29. The second-order valence-corrected chi connectivity index (χ2v) is 4.17. The number of imidazole rings is 1. The lowest BCUT2D eigenvalue weighted by molar-refractivity contribution is 0.112. The van der Waals surface area contributed by atoms with Crippen molar-refractivity contribution in [2.75, 3.05) is 0 Å². The van der Waals surface area contributed by atoms with E-state index in [9.17, 15) is 4.79 Å². The van der Waals surface area contributed by atoms with Crippen LogP contribution >= 0.6 is 0 Å². The fourth-order valence-corrected chi connectivity index (χ4v) is 1.64. The summed E-state index contributed by atoms with van der Waals surface area (Å²) in [6, 6.07) is 3.59. The lowest BCUT2D eigenvalue weighted by Crippen LogP contribution is -1.93. The molecular formula is C12H14N2O. The fourth-order valence-electron chi connectivity index (χ4n) is 1.64. The number of fused-ring (bicyclic) bond motifs is 1. The van der Waals surface area contributed by atoms with E-state index in [0.29, 0.717) is 11.5 Å². The van der Waals surface area contributed by atoms with Crippen molar-refractivity contribution < 1.29 is 4.79 Å². The summed E-state index contributed by atoms with van der Waals surface area (Å²) in [4.78, 5) is 15.1. The van der Waals surface area contributed by atoms with Gasteiger partial charge in [-0.05, 0) is 24.5 Å². The molecule has 0 aliphatic rings. The molecule has 0 aliphatic carbocycles. The summed E-state index contributed by atoms with van der Waals surface area (Å²) in [5, 5.41) is 0. The van der Waals surface area contributed by atoms with Gasteiger partial charge in [-0.15, -0.1) is 0 Å². The van der Waals surface area contributed by atoms with Crippen LogP contribution in [-0.2, 0) is 6.42 Å². The van der Waals surface area contributed by atoms with Gasteiger partial charge in [0.05, 0.1) is 5.69 Å². The van der Waals surface area contributed by atoms with Crippen LogP contribution in [0.5, 0.6) is 0 Å². The van der Waals surface area contributed by atoms with Gasteiger partial charge in [-0.25, -0.2) is 4.98 Å². The molecule has 0 aliphatic heterocycles. The van der Waals surface area contributed by atoms with E-state index in [2.05, 4.69) is 18.8 Å². The van der Waals surface area contributed by atoms with Crippen molar-refractivity contribution >= 4 is 11.9 Å². The highest BCUT2D eigenvalue weighted by molar-refractivity contribution is 5.76. The van der Waals surface area contributed by atoms with E-state index in [1.54, 1.807) is 12.1 Å². The van der Waals surface area contributed by atoms with Gasteiger partial charge < -0.3 is 4.40 Å². The minimum Gasteiger partial charge on any atom is -0.307 e. The molecule has 0 saturated heterocycles. The van der Waals surface area contributed by atoms with Crippen molar-refractivity contribution in [3.8, 4) is 0 Å². The van der Waals surface area contributed by atoms with Gasteiger partial charge in [0, 0.05) is 18.0 Å². The largest absolute Gasteiger partial charge is 0.307 e. The van der Waals surface area contributed by atoms with E-state index in [0.717, 1.165) is 24.0 Å². The Labute approximate surface area is 88.8 Å². The standard InChI is InChI=1S/C12H14N2O/c1-9(2)5-11-7-14-4-3-10(8-15)6-12(14)13-11/h3-4,6-9H,5H2,1-2H3. The third-order valence-electron chi connectivity index (χ3n) is 2.29. The second kappa shape index (κ2) is 3.85. The van der Waals surface area contributed by atoms with Gasteiger partial charge in [-0.2, -0.15) is 0 Å². The minimum atomic E-state index is 0.598. The van der Waals surface area contributed by atoms with Crippen LogP contribution in [0, 0.1) is 5.92 Å². The van der Waals surface area contributed by atoms with E-state index in [-0.39, 0.29) is 0 Å². The number of carbonyl (C=O) groups excluding carboxylic acids is 1. The Morgan fingerprint density at radius 1 is 1.53 bits per heavy atom. The molecule has 0 N–H and O–H groups in total. The summed E-state index contributed by atoms with van der Waals surface area (Å²) in [5.74, 6) is 0.598. The highest BCUT2D eigenvalue weighted by Crippen LogP contribution is 2.10. The summed E-state index contributed by atoms with van der Waals surface area (Å²) in [6.07, 6.45) is 5.70. The molecule has 0 amide bonds. The molecule has 0 bridgehead atoms. The van der Waals surface area contributed by atoms with Crippen molar-refractivity contribution in [3.63, 3.8) is 0 Å². The van der Waals surface area contributed by atoms with E-state index in [1.165, 1.54) is 0 Å². The number of carbonyl (C=O) groups is 1. The van der Waals surface area contributed by atoms with Gasteiger partial charge in [0.15, 0.2) is 0 Å². The topological polar surface area (TPSA) is 34.4 Å². The molecule has 0 radical (unpaired) electrons. The van der Waals surface area contributed by atoms with Gasteiger partial charge in [0.2, 0.25) is 0 Å². The second-order valence-electron chi connectivity index (χ2n) is 4.17. The zero-order valence-electron chi connectivity index (χ0n) is 8.97. The fraction of sp³-hybridized carbons (Fsp3) is 0.333. The van der Waals surface area contributed by atoms with Crippen LogP contribution in [0.15, 0.2) is 24.5 Å². The van der Waals surface area contributed by atoms with Crippen LogP contribution in [0.4, 0.5) is 0 Å². The smallest absolute Gasteiger partial charge is 0.150 e. The van der Waals surface area contributed by atoms with Crippen molar-refractivity contribution in [1.82, 2.24) is 9.38 Å². The number of rotatable bonds is 3. The van der Waals surface area contributed by atoms with E-state index >= 15 is 0 Å². The van der Waals surface area contributed by atoms with Crippen molar-refractivity contribution in [2.45, 2.75) is 20.3 Å². The highest BCUT2D eigenvalue weighted by Gasteiger charge is 2.04. The average Bonchev–Trinajstić information content (AvgIpc) is 2.57. The Balaban J connectivity index is 2.42. The Morgan fingerprint density at radius 3 is 3.00 bits per heavy atom. The van der Waals surface area contributed by atoms with Gasteiger partial charge in [0.25, 0.3) is 0 Å². The Morgan fingerprint density at radius 2 is 2.33 bits per heavy atom. The molecule has 2 aromatic heterocycles. The van der Waals surface area contributed by atoms with E-state index in [4.69, 9.17) is 0 Å². The number of hydrogen-bond donors (Lipinski definition) is 0. The number of hydrogen-bond acceptors (Lipinski definition) is 2.